The van der Waals surface area contributed by atoms with Gasteiger partial charge in [-0.15, -0.1) is 0 Å². The van der Waals surface area contributed by atoms with E-state index >= 15 is 0 Å². The average Bonchev–Trinajstić information content (AvgIpc) is 2.44. The molecule has 110 valence electrons. The van der Waals surface area contributed by atoms with E-state index < -0.39 is 17.6 Å². The van der Waals surface area contributed by atoms with Gasteiger partial charge in [0, 0.05) is 11.6 Å². The van der Waals surface area contributed by atoms with Gasteiger partial charge in [-0.3, -0.25) is 4.79 Å². The average molecular weight is 298 g/mol. The fourth-order valence-electron chi connectivity index (χ4n) is 1.69. The van der Waals surface area contributed by atoms with Crippen molar-refractivity contribution in [2.24, 2.45) is 0 Å². The zero-order chi connectivity index (χ0) is 15.5. The maximum atomic E-state index is 13.2. The highest BCUT2D eigenvalue weighted by molar-refractivity contribution is 5.75. The summed E-state index contributed by atoms with van der Waals surface area (Å²) >= 11 is 0. The van der Waals surface area contributed by atoms with Gasteiger partial charge in [0.1, 0.15) is 24.5 Å². The van der Waals surface area contributed by atoms with Gasteiger partial charge < -0.3 is 4.74 Å². The quantitative estimate of drug-likeness (QED) is 0.623. The Morgan fingerprint density at radius 1 is 1.05 bits per heavy atom. The third-order valence-corrected chi connectivity index (χ3v) is 2.72. The number of benzene rings is 2. The number of carbonyl (C=O) groups is 1. The van der Waals surface area contributed by atoms with E-state index in [9.17, 15) is 22.4 Å². The van der Waals surface area contributed by atoms with Crippen molar-refractivity contribution >= 4 is 6.29 Å². The summed E-state index contributed by atoms with van der Waals surface area (Å²) in [6.45, 7) is -0.0279. The molecule has 0 amide bonds. The number of carbonyl (C=O) groups excluding carboxylic acids is 1. The molecule has 0 radical (unpaired) electrons. The largest absolute Gasteiger partial charge is 0.489 e. The lowest BCUT2D eigenvalue weighted by atomic mass is 10.1. The SMILES string of the molecule is O=Cc1cc(F)cc(OCc2ccc(C(F)(F)F)cc2)c1. The number of aldehydes is 1. The van der Waals surface area contributed by atoms with E-state index in [0.29, 0.717) is 11.8 Å². The van der Waals surface area contributed by atoms with Crippen molar-refractivity contribution in [3.8, 4) is 5.75 Å². The molecule has 2 aromatic rings. The van der Waals surface area contributed by atoms with Gasteiger partial charge in [0.25, 0.3) is 0 Å². The molecule has 0 saturated heterocycles. The van der Waals surface area contributed by atoms with Crippen molar-refractivity contribution in [3.63, 3.8) is 0 Å². The van der Waals surface area contributed by atoms with Crippen molar-refractivity contribution in [3.05, 3.63) is 65.0 Å². The van der Waals surface area contributed by atoms with Gasteiger partial charge in [-0.25, -0.2) is 4.39 Å². The van der Waals surface area contributed by atoms with E-state index in [0.717, 1.165) is 24.3 Å². The molecule has 0 N–H and O–H groups in total. The molecule has 2 rings (SSSR count). The van der Waals surface area contributed by atoms with Crippen LogP contribution >= 0.6 is 0 Å². The minimum atomic E-state index is -4.39. The monoisotopic (exact) mass is 298 g/mol. The van der Waals surface area contributed by atoms with Gasteiger partial charge in [-0.05, 0) is 29.8 Å². The van der Waals surface area contributed by atoms with Crippen LogP contribution in [0.2, 0.25) is 0 Å². The Kier molecular flexibility index (Phi) is 4.26. The summed E-state index contributed by atoms with van der Waals surface area (Å²) in [5.41, 5.74) is -0.127. The van der Waals surface area contributed by atoms with Crippen LogP contribution in [0.4, 0.5) is 17.6 Å². The van der Waals surface area contributed by atoms with Crippen LogP contribution in [0, 0.1) is 5.82 Å². The second-order valence-electron chi connectivity index (χ2n) is 4.32. The third-order valence-electron chi connectivity index (χ3n) is 2.72. The van der Waals surface area contributed by atoms with Crippen molar-refractivity contribution in [2.75, 3.05) is 0 Å². The number of ether oxygens (including phenoxy) is 1. The maximum absolute atomic E-state index is 13.2. The molecule has 0 aliphatic heterocycles. The lowest BCUT2D eigenvalue weighted by Gasteiger charge is -2.09. The molecule has 0 fully saturated rings. The fraction of sp³-hybridized carbons (Fsp3) is 0.133. The molecule has 2 aromatic carbocycles. The molecule has 0 unspecified atom stereocenters. The van der Waals surface area contributed by atoms with E-state index in [1.165, 1.54) is 18.2 Å². The van der Waals surface area contributed by atoms with E-state index in [1.807, 2.05) is 0 Å². The van der Waals surface area contributed by atoms with Gasteiger partial charge in [0.15, 0.2) is 0 Å². The van der Waals surface area contributed by atoms with Crippen LogP contribution in [0.25, 0.3) is 0 Å². The van der Waals surface area contributed by atoms with Gasteiger partial charge in [0.2, 0.25) is 0 Å². The van der Waals surface area contributed by atoms with Crippen molar-refractivity contribution in [1.29, 1.82) is 0 Å². The Bertz CT molecular complexity index is 633. The Balaban J connectivity index is 2.06. The van der Waals surface area contributed by atoms with E-state index in [-0.39, 0.29) is 17.9 Å². The van der Waals surface area contributed by atoms with Crippen molar-refractivity contribution in [2.45, 2.75) is 12.8 Å². The highest BCUT2D eigenvalue weighted by Gasteiger charge is 2.29. The molecule has 2 nitrogen and oxygen atoms in total. The van der Waals surface area contributed by atoms with Crippen LogP contribution in [0.1, 0.15) is 21.5 Å². The number of hydrogen-bond acceptors (Lipinski definition) is 2. The first-order valence-electron chi connectivity index (χ1n) is 5.93. The van der Waals surface area contributed by atoms with Crippen LogP contribution in [-0.4, -0.2) is 6.29 Å². The molecule has 0 aliphatic rings. The summed E-state index contributed by atoms with van der Waals surface area (Å²) in [7, 11) is 0. The number of halogens is 4. The van der Waals surface area contributed by atoms with Gasteiger partial charge in [-0.2, -0.15) is 13.2 Å². The predicted molar refractivity (Wildman–Crippen MR) is 67.6 cm³/mol. The van der Waals surface area contributed by atoms with Crippen LogP contribution in [0.15, 0.2) is 42.5 Å². The summed E-state index contributed by atoms with van der Waals surface area (Å²) < 4.78 is 55.6. The van der Waals surface area contributed by atoms with Gasteiger partial charge in [-0.1, -0.05) is 12.1 Å². The molecular weight excluding hydrogens is 288 g/mol. The molecule has 0 spiro atoms. The van der Waals surface area contributed by atoms with E-state index in [1.54, 1.807) is 0 Å². The van der Waals surface area contributed by atoms with Crippen LogP contribution < -0.4 is 4.74 Å². The molecule has 21 heavy (non-hydrogen) atoms. The molecule has 0 atom stereocenters. The lowest BCUT2D eigenvalue weighted by Crippen LogP contribution is -2.05. The first-order chi connectivity index (χ1) is 9.88. The molecule has 0 heterocycles. The lowest BCUT2D eigenvalue weighted by molar-refractivity contribution is -0.137. The second kappa shape index (κ2) is 5.95. The van der Waals surface area contributed by atoms with E-state index in [4.69, 9.17) is 4.74 Å². The second-order valence-corrected chi connectivity index (χ2v) is 4.32. The summed E-state index contributed by atoms with van der Waals surface area (Å²) in [5, 5.41) is 0. The van der Waals surface area contributed by atoms with E-state index in [2.05, 4.69) is 0 Å². The molecule has 6 heteroatoms. The molecule has 0 bridgehead atoms. The Morgan fingerprint density at radius 3 is 2.29 bits per heavy atom. The molecule has 0 saturated carbocycles. The normalized spacial score (nSPS) is 11.2. The number of hydrogen-bond donors (Lipinski definition) is 0. The number of alkyl halides is 3. The Morgan fingerprint density at radius 2 is 1.71 bits per heavy atom. The molecule has 0 aromatic heterocycles. The smallest absolute Gasteiger partial charge is 0.416 e. The summed E-state index contributed by atoms with van der Waals surface area (Å²) in [6, 6.07) is 7.95. The van der Waals surface area contributed by atoms with Gasteiger partial charge >= 0.3 is 6.18 Å². The van der Waals surface area contributed by atoms with Crippen LogP contribution in [0.5, 0.6) is 5.75 Å². The highest BCUT2D eigenvalue weighted by Crippen LogP contribution is 2.29. The standard InChI is InChI=1S/C15H10F4O2/c16-13-5-11(8-20)6-14(7-13)21-9-10-1-3-12(4-2-10)15(17,18)19/h1-8H,9H2. The van der Waals surface area contributed by atoms with Crippen molar-refractivity contribution < 1.29 is 27.1 Å². The van der Waals surface area contributed by atoms with Crippen LogP contribution in [0.3, 0.4) is 0 Å². The van der Waals surface area contributed by atoms with Crippen molar-refractivity contribution in [1.82, 2.24) is 0 Å². The summed E-state index contributed by atoms with van der Waals surface area (Å²) in [5.74, 6) is -0.487. The summed E-state index contributed by atoms with van der Waals surface area (Å²) in [4.78, 5) is 10.6. The highest BCUT2D eigenvalue weighted by atomic mass is 19.4. The minimum absolute atomic E-state index is 0.0279. The topological polar surface area (TPSA) is 26.3 Å². The zero-order valence-corrected chi connectivity index (χ0v) is 10.7. The first-order valence-corrected chi connectivity index (χ1v) is 5.93. The molecule has 0 aliphatic carbocycles. The fourth-order valence-corrected chi connectivity index (χ4v) is 1.69. The predicted octanol–water partition coefficient (Wildman–Crippen LogP) is 4.24. The zero-order valence-electron chi connectivity index (χ0n) is 10.7. The van der Waals surface area contributed by atoms with Crippen LogP contribution in [-0.2, 0) is 12.8 Å². The first kappa shape index (κ1) is 15.0. The molecular formula is C15H10F4O2. The number of rotatable bonds is 4. The third kappa shape index (κ3) is 4.05. The Labute approximate surface area is 118 Å². The minimum Gasteiger partial charge on any atom is -0.489 e. The Hall–Kier alpha value is -2.37. The summed E-state index contributed by atoms with van der Waals surface area (Å²) in [6.07, 6.45) is -3.91. The van der Waals surface area contributed by atoms with Gasteiger partial charge in [0.05, 0.1) is 5.56 Å². The maximum Gasteiger partial charge on any atom is 0.416 e.